The highest BCUT2D eigenvalue weighted by molar-refractivity contribution is 5.13. The first-order valence-electron chi connectivity index (χ1n) is 7.80. The van der Waals surface area contributed by atoms with Crippen molar-refractivity contribution in [3.05, 3.63) is 0 Å². The Morgan fingerprint density at radius 1 is 0.941 bits per heavy atom. The molecule has 3 unspecified atom stereocenters. The van der Waals surface area contributed by atoms with E-state index < -0.39 is 0 Å². The van der Waals surface area contributed by atoms with Crippen molar-refractivity contribution in [2.45, 2.75) is 84.2 Å². The lowest BCUT2D eigenvalue weighted by atomic mass is 9.69. The van der Waals surface area contributed by atoms with Crippen LogP contribution in [0.15, 0.2) is 0 Å². The molecular weight excluding hydrogens is 206 g/mol. The normalized spacial score (nSPS) is 45.4. The van der Waals surface area contributed by atoms with Crippen molar-refractivity contribution in [1.82, 2.24) is 5.32 Å². The predicted molar refractivity (Wildman–Crippen MR) is 73.0 cm³/mol. The second-order valence-corrected chi connectivity index (χ2v) is 7.66. The van der Waals surface area contributed by atoms with Crippen molar-refractivity contribution in [2.24, 2.45) is 16.7 Å². The maximum atomic E-state index is 4.05. The Morgan fingerprint density at radius 2 is 1.65 bits per heavy atom. The Labute approximate surface area is 107 Å². The summed E-state index contributed by atoms with van der Waals surface area (Å²) in [6.07, 6.45) is 11.6. The molecule has 0 heterocycles. The molecule has 17 heavy (non-hydrogen) atoms. The van der Waals surface area contributed by atoms with Gasteiger partial charge in [0.2, 0.25) is 0 Å². The fourth-order valence-electron chi connectivity index (χ4n) is 5.01. The third kappa shape index (κ3) is 1.69. The molecule has 0 amide bonds. The van der Waals surface area contributed by atoms with Gasteiger partial charge >= 0.3 is 0 Å². The zero-order valence-corrected chi connectivity index (χ0v) is 11.9. The van der Waals surface area contributed by atoms with Crippen LogP contribution in [0.5, 0.6) is 0 Å². The summed E-state index contributed by atoms with van der Waals surface area (Å²) >= 11 is 0. The average Bonchev–Trinajstić information content (AvgIpc) is 2.63. The van der Waals surface area contributed by atoms with Crippen molar-refractivity contribution in [3.63, 3.8) is 0 Å². The first-order chi connectivity index (χ1) is 8.04. The molecule has 0 aromatic carbocycles. The molecule has 0 aliphatic heterocycles. The molecule has 3 aliphatic carbocycles. The van der Waals surface area contributed by atoms with Crippen LogP contribution in [0.4, 0.5) is 0 Å². The molecule has 3 rings (SSSR count). The molecule has 0 spiro atoms. The van der Waals surface area contributed by atoms with Gasteiger partial charge in [-0.05, 0) is 48.9 Å². The van der Waals surface area contributed by atoms with Gasteiger partial charge in [0.25, 0.3) is 0 Å². The van der Waals surface area contributed by atoms with Crippen LogP contribution in [0.3, 0.4) is 0 Å². The minimum absolute atomic E-state index is 0.565. The van der Waals surface area contributed by atoms with Crippen LogP contribution in [0.25, 0.3) is 0 Å². The fraction of sp³-hybridized carbons (Fsp3) is 1.00. The molecule has 98 valence electrons. The highest BCUT2D eigenvalue weighted by atomic mass is 15.0. The highest BCUT2D eigenvalue weighted by Crippen LogP contribution is 2.65. The summed E-state index contributed by atoms with van der Waals surface area (Å²) in [5.74, 6) is 0.980. The summed E-state index contributed by atoms with van der Waals surface area (Å²) in [6, 6.07) is 1.64. The minimum Gasteiger partial charge on any atom is -0.311 e. The molecule has 0 saturated heterocycles. The van der Waals surface area contributed by atoms with E-state index in [-0.39, 0.29) is 0 Å². The van der Waals surface area contributed by atoms with Gasteiger partial charge in [0.05, 0.1) is 0 Å². The summed E-state index contributed by atoms with van der Waals surface area (Å²) in [4.78, 5) is 0. The largest absolute Gasteiger partial charge is 0.311 e. The van der Waals surface area contributed by atoms with Crippen LogP contribution in [0, 0.1) is 16.7 Å². The summed E-state index contributed by atoms with van der Waals surface area (Å²) < 4.78 is 0. The molecule has 0 radical (unpaired) electrons. The zero-order chi connectivity index (χ0) is 12.1. The van der Waals surface area contributed by atoms with Gasteiger partial charge in [-0.25, -0.2) is 0 Å². The van der Waals surface area contributed by atoms with Crippen LogP contribution in [0.2, 0.25) is 0 Å². The third-order valence-electron chi connectivity index (χ3n) is 6.84. The molecule has 3 aliphatic rings. The van der Waals surface area contributed by atoms with Crippen molar-refractivity contribution in [3.8, 4) is 0 Å². The number of fused-ring (bicyclic) bond motifs is 2. The van der Waals surface area contributed by atoms with E-state index >= 15 is 0 Å². The summed E-state index contributed by atoms with van der Waals surface area (Å²) in [5, 5.41) is 4.05. The first kappa shape index (κ1) is 12.0. The smallest absolute Gasteiger partial charge is 0.0131 e. The van der Waals surface area contributed by atoms with Crippen LogP contribution in [0.1, 0.15) is 72.1 Å². The second-order valence-electron chi connectivity index (χ2n) is 7.66. The molecule has 1 N–H and O–H groups in total. The molecule has 2 bridgehead atoms. The number of hydrogen-bond donors (Lipinski definition) is 1. The molecule has 0 aromatic rings. The summed E-state index contributed by atoms with van der Waals surface area (Å²) in [7, 11) is 0. The Morgan fingerprint density at radius 3 is 2.18 bits per heavy atom. The van der Waals surface area contributed by atoms with Gasteiger partial charge in [-0.1, -0.05) is 40.0 Å². The predicted octanol–water partition coefficient (Wildman–Crippen LogP) is 4.12. The van der Waals surface area contributed by atoms with Gasteiger partial charge in [0, 0.05) is 12.1 Å². The van der Waals surface area contributed by atoms with Gasteiger partial charge in [-0.3, -0.25) is 0 Å². The van der Waals surface area contributed by atoms with E-state index in [1.807, 2.05) is 0 Å². The maximum Gasteiger partial charge on any atom is 0.0131 e. The second kappa shape index (κ2) is 3.98. The number of rotatable bonds is 2. The monoisotopic (exact) mass is 235 g/mol. The van der Waals surface area contributed by atoms with E-state index in [1.165, 1.54) is 51.4 Å². The SMILES string of the molecule is CC1(C)C2CCC1(C)C(NC1CCCCC1)C2. The molecule has 3 atom stereocenters. The van der Waals surface area contributed by atoms with E-state index in [1.54, 1.807) is 0 Å². The van der Waals surface area contributed by atoms with E-state index in [9.17, 15) is 0 Å². The maximum absolute atomic E-state index is 4.05. The molecular formula is C16H29N. The van der Waals surface area contributed by atoms with Crippen molar-refractivity contribution >= 4 is 0 Å². The van der Waals surface area contributed by atoms with E-state index in [0.29, 0.717) is 10.8 Å². The first-order valence-corrected chi connectivity index (χ1v) is 7.80. The fourth-order valence-corrected chi connectivity index (χ4v) is 5.01. The standard InChI is InChI=1S/C16H29N/c1-15(2)12-9-10-16(15,3)14(11-12)17-13-7-5-4-6-8-13/h12-14,17H,4-11H2,1-3H3. The Kier molecular flexibility index (Phi) is 2.81. The topological polar surface area (TPSA) is 12.0 Å². The van der Waals surface area contributed by atoms with E-state index in [4.69, 9.17) is 0 Å². The van der Waals surface area contributed by atoms with Crippen LogP contribution in [-0.2, 0) is 0 Å². The minimum atomic E-state index is 0.565. The van der Waals surface area contributed by atoms with Crippen LogP contribution >= 0.6 is 0 Å². The molecule has 3 saturated carbocycles. The Bertz CT molecular complexity index is 290. The number of nitrogens with one attached hydrogen (secondary N) is 1. The van der Waals surface area contributed by atoms with Crippen LogP contribution < -0.4 is 5.32 Å². The summed E-state index contributed by atoms with van der Waals surface area (Å²) in [5.41, 5.74) is 1.13. The van der Waals surface area contributed by atoms with Crippen molar-refractivity contribution in [2.75, 3.05) is 0 Å². The lowest BCUT2D eigenvalue weighted by molar-refractivity contribution is 0.111. The number of hydrogen-bond acceptors (Lipinski definition) is 1. The quantitative estimate of drug-likeness (QED) is 0.759. The molecule has 3 fully saturated rings. The third-order valence-corrected chi connectivity index (χ3v) is 6.84. The Hall–Kier alpha value is -0.0400. The van der Waals surface area contributed by atoms with Crippen LogP contribution in [-0.4, -0.2) is 12.1 Å². The molecule has 1 heteroatoms. The van der Waals surface area contributed by atoms with Gasteiger partial charge in [0.1, 0.15) is 0 Å². The van der Waals surface area contributed by atoms with Gasteiger partial charge in [-0.15, -0.1) is 0 Å². The lowest BCUT2D eigenvalue weighted by Crippen LogP contribution is -2.49. The molecule has 1 nitrogen and oxygen atoms in total. The van der Waals surface area contributed by atoms with Crippen molar-refractivity contribution < 1.29 is 0 Å². The summed E-state index contributed by atoms with van der Waals surface area (Å²) in [6.45, 7) is 7.60. The van der Waals surface area contributed by atoms with E-state index in [0.717, 1.165) is 18.0 Å². The molecule has 0 aromatic heterocycles. The average molecular weight is 235 g/mol. The van der Waals surface area contributed by atoms with Gasteiger partial charge in [0.15, 0.2) is 0 Å². The van der Waals surface area contributed by atoms with Crippen molar-refractivity contribution in [1.29, 1.82) is 0 Å². The lowest BCUT2D eigenvalue weighted by Gasteiger charge is -2.41. The Balaban J connectivity index is 1.69. The van der Waals surface area contributed by atoms with E-state index in [2.05, 4.69) is 26.1 Å². The van der Waals surface area contributed by atoms with Gasteiger partial charge < -0.3 is 5.32 Å². The zero-order valence-electron chi connectivity index (χ0n) is 11.9. The highest BCUT2D eigenvalue weighted by Gasteiger charge is 2.61. The van der Waals surface area contributed by atoms with Gasteiger partial charge in [-0.2, -0.15) is 0 Å².